The van der Waals surface area contributed by atoms with Crippen LogP contribution in [0.5, 0.6) is 5.75 Å². The molecule has 6 nitrogen and oxygen atoms in total. The summed E-state index contributed by atoms with van der Waals surface area (Å²) in [4.78, 5) is 29.1. The first kappa shape index (κ1) is 20.5. The number of anilines is 1. The van der Waals surface area contributed by atoms with Crippen LogP contribution in [0.25, 0.3) is 6.08 Å². The Hall–Kier alpha value is -3.19. The standard InChI is InChI=1S/C22H24FN3O3/c1-25-10-12-26(13-11-25)22(28)17-7-8-20(29-2)19(15-17)24-21(27)9-6-16-4-3-5-18(23)14-16/h3-9,14-15H,10-13H2,1-2H3,(H,24,27)/b9-6+. The molecular formula is C22H24FN3O3. The van der Waals surface area contributed by atoms with Gasteiger partial charge in [-0.05, 0) is 49.0 Å². The van der Waals surface area contributed by atoms with Crippen molar-refractivity contribution in [3.05, 3.63) is 65.5 Å². The number of halogens is 1. The predicted octanol–water partition coefficient (Wildman–Crippen LogP) is 2.87. The lowest BCUT2D eigenvalue weighted by atomic mass is 10.1. The van der Waals surface area contributed by atoms with Crippen LogP contribution >= 0.6 is 0 Å². The van der Waals surface area contributed by atoms with Gasteiger partial charge in [0.1, 0.15) is 11.6 Å². The Balaban J connectivity index is 1.73. The largest absolute Gasteiger partial charge is 0.495 e. The number of amides is 2. The van der Waals surface area contributed by atoms with Crippen LogP contribution < -0.4 is 10.1 Å². The number of rotatable bonds is 5. The van der Waals surface area contributed by atoms with E-state index in [1.165, 1.54) is 31.4 Å². The zero-order valence-corrected chi connectivity index (χ0v) is 16.5. The zero-order chi connectivity index (χ0) is 20.8. The minimum atomic E-state index is -0.406. The Kier molecular flexibility index (Phi) is 6.61. The lowest BCUT2D eigenvalue weighted by Gasteiger charge is -2.32. The first-order valence-corrected chi connectivity index (χ1v) is 9.37. The van der Waals surface area contributed by atoms with E-state index in [2.05, 4.69) is 10.2 Å². The average molecular weight is 397 g/mol. The molecule has 0 aromatic heterocycles. The minimum absolute atomic E-state index is 0.0773. The third-order valence-corrected chi connectivity index (χ3v) is 4.77. The second kappa shape index (κ2) is 9.34. The van der Waals surface area contributed by atoms with Gasteiger partial charge in [0.15, 0.2) is 0 Å². The summed E-state index contributed by atoms with van der Waals surface area (Å²) in [5.41, 5.74) is 1.47. The molecule has 0 unspecified atom stereocenters. The Bertz CT molecular complexity index is 921. The molecule has 0 aliphatic carbocycles. The molecule has 152 valence electrons. The maximum Gasteiger partial charge on any atom is 0.254 e. The predicted molar refractivity (Wildman–Crippen MR) is 110 cm³/mol. The van der Waals surface area contributed by atoms with E-state index in [0.29, 0.717) is 35.7 Å². The van der Waals surface area contributed by atoms with Gasteiger partial charge < -0.3 is 19.9 Å². The van der Waals surface area contributed by atoms with E-state index in [0.717, 1.165) is 13.1 Å². The van der Waals surface area contributed by atoms with Gasteiger partial charge in [-0.2, -0.15) is 0 Å². The van der Waals surface area contributed by atoms with Crippen molar-refractivity contribution < 1.29 is 18.7 Å². The van der Waals surface area contributed by atoms with Gasteiger partial charge in [0.05, 0.1) is 12.8 Å². The van der Waals surface area contributed by atoms with Gasteiger partial charge in [-0.15, -0.1) is 0 Å². The van der Waals surface area contributed by atoms with E-state index in [4.69, 9.17) is 4.74 Å². The molecule has 1 heterocycles. The van der Waals surface area contributed by atoms with E-state index in [-0.39, 0.29) is 11.7 Å². The topological polar surface area (TPSA) is 61.9 Å². The lowest BCUT2D eigenvalue weighted by Crippen LogP contribution is -2.47. The lowest BCUT2D eigenvalue weighted by molar-refractivity contribution is -0.111. The van der Waals surface area contributed by atoms with Crippen LogP contribution in [0.15, 0.2) is 48.5 Å². The summed E-state index contributed by atoms with van der Waals surface area (Å²) >= 11 is 0. The highest BCUT2D eigenvalue weighted by Crippen LogP contribution is 2.26. The Morgan fingerprint density at radius 2 is 1.86 bits per heavy atom. The number of nitrogens with one attached hydrogen (secondary N) is 1. The molecular weight excluding hydrogens is 373 g/mol. The summed E-state index contributed by atoms with van der Waals surface area (Å²) < 4.78 is 18.5. The second-order valence-corrected chi connectivity index (χ2v) is 6.89. The van der Waals surface area contributed by atoms with Crippen molar-refractivity contribution in [3.63, 3.8) is 0 Å². The normalized spacial score (nSPS) is 14.8. The monoisotopic (exact) mass is 397 g/mol. The third kappa shape index (κ3) is 5.42. The van der Waals surface area contributed by atoms with Crippen LogP contribution in [0.2, 0.25) is 0 Å². The summed E-state index contributed by atoms with van der Waals surface area (Å²) in [6, 6.07) is 10.9. The van der Waals surface area contributed by atoms with Crippen LogP contribution in [-0.2, 0) is 4.79 Å². The Morgan fingerprint density at radius 3 is 2.55 bits per heavy atom. The number of piperazine rings is 1. The van der Waals surface area contributed by atoms with Gasteiger partial charge in [0, 0.05) is 37.8 Å². The molecule has 1 aliphatic heterocycles. The second-order valence-electron chi connectivity index (χ2n) is 6.89. The minimum Gasteiger partial charge on any atom is -0.495 e. The van der Waals surface area contributed by atoms with E-state index in [1.54, 1.807) is 35.2 Å². The van der Waals surface area contributed by atoms with Gasteiger partial charge in [0.25, 0.3) is 5.91 Å². The number of hydrogen-bond acceptors (Lipinski definition) is 4. The van der Waals surface area contributed by atoms with Gasteiger partial charge in [-0.3, -0.25) is 9.59 Å². The van der Waals surface area contributed by atoms with Crippen molar-refractivity contribution in [1.82, 2.24) is 9.80 Å². The van der Waals surface area contributed by atoms with Crippen LogP contribution in [0.4, 0.5) is 10.1 Å². The van der Waals surface area contributed by atoms with Crippen molar-refractivity contribution in [3.8, 4) is 5.75 Å². The number of nitrogens with zero attached hydrogens (tertiary/aromatic N) is 2. The number of hydrogen-bond donors (Lipinski definition) is 1. The summed E-state index contributed by atoms with van der Waals surface area (Å²) in [5, 5.41) is 2.73. The quantitative estimate of drug-likeness (QED) is 0.789. The molecule has 1 aliphatic rings. The molecule has 0 bridgehead atoms. The van der Waals surface area contributed by atoms with Crippen LogP contribution in [0, 0.1) is 5.82 Å². The van der Waals surface area contributed by atoms with Gasteiger partial charge in [-0.25, -0.2) is 4.39 Å². The molecule has 1 fully saturated rings. The van der Waals surface area contributed by atoms with Crippen molar-refractivity contribution in [2.75, 3.05) is 45.7 Å². The molecule has 0 saturated carbocycles. The fourth-order valence-electron chi connectivity index (χ4n) is 3.09. The summed E-state index contributed by atoms with van der Waals surface area (Å²) in [6.45, 7) is 2.99. The van der Waals surface area contributed by atoms with Crippen molar-refractivity contribution in [2.24, 2.45) is 0 Å². The molecule has 1 N–H and O–H groups in total. The number of carbonyl (C=O) groups excluding carboxylic acids is 2. The highest BCUT2D eigenvalue weighted by molar-refractivity contribution is 6.04. The van der Waals surface area contributed by atoms with Crippen molar-refractivity contribution in [2.45, 2.75) is 0 Å². The average Bonchev–Trinajstić information content (AvgIpc) is 2.72. The van der Waals surface area contributed by atoms with Crippen LogP contribution in [0.3, 0.4) is 0 Å². The van der Waals surface area contributed by atoms with E-state index in [9.17, 15) is 14.0 Å². The first-order chi connectivity index (χ1) is 14.0. The Labute approximate surface area is 169 Å². The third-order valence-electron chi connectivity index (χ3n) is 4.77. The number of carbonyl (C=O) groups is 2. The highest BCUT2D eigenvalue weighted by atomic mass is 19.1. The van der Waals surface area contributed by atoms with Gasteiger partial charge in [0.2, 0.25) is 5.91 Å². The summed E-state index contributed by atoms with van der Waals surface area (Å²) in [6.07, 6.45) is 2.83. The summed E-state index contributed by atoms with van der Waals surface area (Å²) in [7, 11) is 3.52. The molecule has 3 rings (SSSR count). The maximum absolute atomic E-state index is 13.2. The van der Waals surface area contributed by atoms with Crippen LogP contribution in [0.1, 0.15) is 15.9 Å². The smallest absolute Gasteiger partial charge is 0.254 e. The molecule has 1 saturated heterocycles. The number of methoxy groups -OCH3 is 1. The van der Waals surface area contributed by atoms with E-state index >= 15 is 0 Å². The van der Waals surface area contributed by atoms with Gasteiger partial charge in [-0.1, -0.05) is 12.1 Å². The van der Waals surface area contributed by atoms with Crippen molar-refractivity contribution >= 4 is 23.6 Å². The maximum atomic E-state index is 13.2. The van der Waals surface area contributed by atoms with Crippen molar-refractivity contribution in [1.29, 1.82) is 0 Å². The number of ether oxygens (including phenoxy) is 1. The van der Waals surface area contributed by atoms with E-state index < -0.39 is 5.91 Å². The van der Waals surface area contributed by atoms with E-state index in [1.807, 2.05) is 7.05 Å². The number of benzene rings is 2. The zero-order valence-electron chi connectivity index (χ0n) is 16.5. The molecule has 0 atom stereocenters. The van der Waals surface area contributed by atoms with Crippen LogP contribution in [-0.4, -0.2) is 62.0 Å². The summed E-state index contributed by atoms with van der Waals surface area (Å²) in [5.74, 6) is -0.403. The molecule has 7 heteroatoms. The molecule has 2 aromatic rings. The first-order valence-electron chi connectivity index (χ1n) is 9.37. The molecule has 0 radical (unpaired) electrons. The molecule has 29 heavy (non-hydrogen) atoms. The molecule has 2 amide bonds. The SMILES string of the molecule is COc1ccc(C(=O)N2CCN(C)CC2)cc1NC(=O)/C=C/c1cccc(F)c1. The molecule has 0 spiro atoms. The number of likely N-dealkylation sites (N-methyl/N-ethyl adjacent to an activating group) is 1. The van der Waals surface area contributed by atoms with Gasteiger partial charge >= 0.3 is 0 Å². The highest BCUT2D eigenvalue weighted by Gasteiger charge is 2.21. The fraction of sp³-hybridized carbons (Fsp3) is 0.273. The fourth-order valence-corrected chi connectivity index (χ4v) is 3.09. The Morgan fingerprint density at radius 1 is 1.10 bits per heavy atom. The molecule has 2 aromatic carbocycles.